The van der Waals surface area contributed by atoms with Crippen LogP contribution in [0.3, 0.4) is 0 Å². The van der Waals surface area contributed by atoms with Crippen LogP contribution in [0, 0.1) is 0 Å². The number of amides is 1. The van der Waals surface area contributed by atoms with E-state index in [1.54, 1.807) is 54.2 Å². The van der Waals surface area contributed by atoms with Crippen LogP contribution in [-0.2, 0) is 27.9 Å². The number of halogens is 1. The molecule has 0 unspecified atom stereocenters. The average molecular weight is 534 g/mol. The zero-order valence-electron chi connectivity index (χ0n) is 18.7. The number of rotatable bonds is 11. The number of hydrogen-bond acceptors (Lipinski definition) is 6. The van der Waals surface area contributed by atoms with Gasteiger partial charge in [-0.25, -0.2) is 4.98 Å². The van der Waals surface area contributed by atoms with Gasteiger partial charge in [0.15, 0.2) is 0 Å². The molecule has 0 radical (unpaired) electrons. The number of hydrogen-bond donors (Lipinski definition) is 3. The number of nitrogens with one attached hydrogen (secondary N) is 2. The predicted molar refractivity (Wildman–Crippen MR) is 140 cm³/mol. The maximum absolute atomic E-state index is 12.8. The first-order valence-corrected chi connectivity index (χ1v) is 13.5. The summed E-state index contributed by atoms with van der Waals surface area (Å²) in [5.74, 6) is 0.178. The van der Waals surface area contributed by atoms with Crippen molar-refractivity contribution in [1.29, 1.82) is 0 Å². The van der Waals surface area contributed by atoms with Crippen molar-refractivity contribution in [2.45, 2.75) is 18.9 Å². The van der Waals surface area contributed by atoms with E-state index in [2.05, 4.69) is 10.3 Å². The van der Waals surface area contributed by atoms with Crippen LogP contribution < -0.4 is 10.0 Å². The van der Waals surface area contributed by atoms with Crippen molar-refractivity contribution in [3.8, 4) is 0 Å². The zero-order valence-corrected chi connectivity index (χ0v) is 21.1. The van der Waals surface area contributed by atoms with Crippen molar-refractivity contribution in [3.05, 3.63) is 100 Å². The number of aromatic nitrogens is 1. The van der Waals surface area contributed by atoms with Gasteiger partial charge in [0.25, 0.3) is 0 Å². The Labute approximate surface area is 213 Å². The molecule has 184 valence electrons. The number of anilines is 1. The van der Waals surface area contributed by atoms with Crippen molar-refractivity contribution in [1.82, 2.24) is 10.3 Å². The Kier molecular flexibility index (Phi) is 9.55. The molecular formula is C24H24ClN3O5S2. The molecule has 3 N–H and O–H groups in total. The highest BCUT2D eigenvalue weighted by Crippen LogP contribution is 2.21. The first-order valence-electron chi connectivity index (χ1n) is 10.4. The fourth-order valence-corrected chi connectivity index (χ4v) is 4.09. The maximum atomic E-state index is 12.8. The summed E-state index contributed by atoms with van der Waals surface area (Å²) in [6, 6.07) is 13.0. The lowest BCUT2D eigenvalue weighted by Crippen LogP contribution is -2.31. The second-order valence-electron chi connectivity index (χ2n) is 7.44. The molecule has 11 heteroatoms. The molecule has 3 rings (SSSR count). The van der Waals surface area contributed by atoms with E-state index in [1.807, 2.05) is 28.5 Å². The molecule has 8 nitrogen and oxygen atoms in total. The van der Waals surface area contributed by atoms with Crippen molar-refractivity contribution in [2.24, 2.45) is 0 Å². The SMILES string of the molecule is CS/C=C\C=C\c1nc([C@H](Cc2ccc(NS(=O)(=O)O)cc2)NC(=O)Cc2cccc(Cl)c2)co1. The number of allylic oxidation sites excluding steroid dienone is 2. The summed E-state index contributed by atoms with van der Waals surface area (Å²) in [6.45, 7) is 0. The van der Waals surface area contributed by atoms with Crippen molar-refractivity contribution < 1.29 is 22.2 Å². The lowest BCUT2D eigenvalue weighted by Gasteiger charge is -2.17. The van der Waals surface area contributed by atoms with Gasteiger partial charge in [-0.3, -0.25) is 14.1 Å². The smallest absolute Gasteiger partial charge is 0.357 e. The molecular weight excluding hydrogens is 510 g/mol. The van der Waals surface area contributed by atoms with Gasteiger partial charge in [0.2, 0.25) is 11.8 Å². The molecule has 1 amide bonds. The van der Waals surface area contributed by atoms with E-state index in [4.69, 9.17) is 20.6 Å². The van der Waals surface area contributed by atoms with Crippen LogP contribution in [0.1, 0.15) is 28.8 Å². The number of carbonyl (C=O) groups is 1. The van der Waals surface area contributed by atoms with Gasteiger partial charge in [0, 0.05) is 11.1 Å². The van der Waals surface area contributed by atoms with Crippen molar-refractivity contribution in [3.63, 3.8) is 0 Å². The van der Waals surface area contributed by atoms with E-state index in [9.17, 15) is 13.2 Å². The van der Waals surface area contributed by atoms with Gasteiger partial charge in [-0.2, -0.15) is 8.42 Å². The van der Waals surface area contributed by atoms with Crippen LogP contribution in [-0.4, -0.2) is 30.1 Å². The zero-order chi connectivity index (χ0) is 25.3. The van der Waals surface area contributed by atoms with Gasteiger partial charge >= 0.3 is 10.3 Å². The topological polar surface area (TPSA) is 122 Å². The average Bonchev–Trinajstić information content (AvgIpc) is 3.25. The molecule has 3 aromatic rings. The molecule has 0 aliphatic rings. The summed E-state index contributed by atoms with van der Waals surface area (Å²) < 4.78 is 38.5. The Bertz CT molecular complexity index is 1300. The van der Waals surface area contributed by atoms with E-state index in [1.165, 1.54) is 18.4 Å². The first kappa shape index (κ1) is 26.6. The molecule has 0 aliphatic carbocycles. The fraction of sp³-hybridized carbons (Fsp3) is 0.167. The third-order valence-corrected chi connectivity index (χ3v) is 5.85. The molecule has 1 aromatic heterocycles. The lowest BCUT2D eigenvalue weighted by molar-refractivity contribution is -0.121. The van der Waals surface area contributed by atoms with Gasteiger partial charge in [-0.15, -0.1) is 11.8 Å². The van der Waals surface area contributed by atoms with Crippen molar-refractivity contribution in [2.75, 3.05) is 11.0 Å². The summed E-state index contributed by atoms with van der Waals surface area (Å²) in [6.07, 6.45) is 9.34. The number of oxazole rings is 1. The fourth-order valence-electron chi connectivity index (χ4n) is 3.20. The largest absolute Gasteiger partial charge is 0.445 e. The van der Waals surface area contributed by atoms with E-state index < -0.39 is 16.3 Å². The Hall–Kier alpha value is -3.05. The predicted octanol–water partition coefficient (Wildman–Crippen LogP) is 5.08. The number of carbonyl (C=O) groups excluding carboxylic acids is 1. The van der Waals surface area contributed by atoms with E-state index in [-0.39, 0.29) is 18.0 Å². The van der Waals surface area contributed by atoms with Crippen LogP contribution in [0.25, 0.3) is 6.08 Å². The minimum atomic E-state index is -4.36. The normalized spacial score (nSPS) is 12.8. The van der Waals surface area contributed by atoms with Crippen molar-refractivity contribution >= 4 is 51.3 Å². The molecule has 1 atom stereocenters. The summed E-state index contributed by atoms with van der Waals surface area (Å²) in [5, 5.41) is 5.46. The molecule has 0 saturated heterocycles. The Balaban J connectivity index is 1.78. The quantitative estimate of drug-likeness (QED) is 0.232. The maximum Gasteiger partial charge on any atom is 0.357 e. The van der Waals surface area contributed by atoms with Gasteiger partial charge in [0.1, 0.15) is 12.0 Å². The van der Waals surface area contributed by atoms with E-state index in [0.717, 1.165) is 11.1 Å². The standard InChI is InChI=1S/C24H24ClN3O5S2/c1-34-12-3-2-7-24-27-22(16-33-24)21(26-23(29)15-18-5-4-6-19(25)13-18)14-17-8-10-20(11-9-17)28-35(30,31)32/h2-13,16,21,28H,14-15H2,1H3,(H,26,29)(H,30,31,32)/b7-2+,12-3-/t21-/m0/s1. The van der Waals surface area contributed by atoms with Crippen LogP contribution in [0.4, 0.5) is 5.69 Å². The Morgan fingerprint density at radius 2 is 1.97 bits per heavy atom. The van der Waals surface area contributed by atoms with Crippen LogP contribution >= 0.6 is 23.4 Å². The van der Waals surface area contributed by atoms with E-state index in [0.29, 0.717) is 23.0 Å². The molecule has 2 aromatic carbocycles. The molecule has 0 aliphatic heterocycles. The van der Waals surface area contributed by atoms with Gasteiger partial charge in [-0.05, 0) is 53.5 Å². The summed E-state index contributed by atoms with van der Waals surface area (Å²) >= 11 is 7.60. The molecule has 35 heavy (non-hydrogen) atoms. The first-order chi connectivity index (χ1) is 16.7. The van der Waals surface area contributed by atoms with Gasteiger partial charge < -0.3 is 9.73 Å². The lowest BCUT2D eigenvalue weighted by atomic mass is 10.0. The monoisotopic (exact) mass is 533 g/mol. The summed E-state index contributed by atoms with van der Waals surface area (Å²) in [5.41, 5.74) is 2.34. The van der Waals surface area contributed by atoms with Crippen LogP contribution in [0.15, 0.2) is 76.8 Å². The number of thioether (sulfide) groups is 1. The molecule has 1 heterocycles. The van der Waals surface area contributed by atoms with Crippen LogP contribution in [0.2, 0.25) is 5.02 Å². The second kappa shape index (κ2) is 12.6. The minimum absolute atomic E-state index is 0.137. The molecule has 0 bridgehead atoms. The summed E-state index contributed by atoms with van der Waals surface area (Å²) in [4.78, 5) is 17.3. The molecule has 0 saturated carbocycles. The highest BCUT2D eigenvalue weighted by molar-refractivity contribution is 8.01. The molecule has 0 spiro atoms. The highest BCUT2D eigenvalue weighted by Gasteiger charge is 2.20. The second-order valence-corrected chi connectivity index (χ2v) is 9.77. The number of nitrogens with zero attached hydrogens (tertiary/aromatic N) is 1. The third kappa shape index (κ3) is 9.25. The Morgan fingerprint density at radius 1 is 1.20 bits per heavy atom. The third-order valence-electron chi connectivity index (χ3n) is 4.69. The molecule has 0 fully saturated rings. The van der Waals surface area contributed by atoms with Gasteiger partial charge in [0.05, 0.1) is 18.2 Å². The number of benzene rings is 2. The highest BCUT2D eigenvalue weighted by atomic mass is 35.5. The van der Waals surface area contributed by atoms with Crippen LogP contribution in [0.5, 0.6) is 0 Å². The summed E-state index contributed by atoms with van der Waals surface area (Å²) in [7, 11) is -4.36. The van der Waals surface area contributed by atoms with Gasteiger partial charge in [-0.1, -0.05) is 48.0 Å². The van der Waals surface area contributed by atoms with E-state index >= 15 is 0 Å². The Morgan fingerprint density at radius 3 is 2.66 bits per heavy atom. The minimum Gasteiger partial charge on any atom is -0.445 e.